The maximum Gasteiger partial charge on any atom is 0.320 e. The number of nitrogens with zero attached hydrogens (tertiary/aromatic N) is 3. The van der Waals surface area contributed by atoms with E-state index in [9.17, 15) is 14.7 Å². The van der Waals surface area contributed by atoms with Gasteiger partial charge in [-0.1, -0.05) is 0 Å². The van der Waals surface area contributed by atoms with E-state index in [1.54, 1.807) is 0 Å². The normalized spacial score (nSPS) is 28.2. The van der Waals surface area contributed by atoms with Gasteiger partial charge in [-0.2, -0.15) is 0 Å². The topological polar surface area (TPSA) is 82.5 Å². The van der Waals surface area contributed by atoms with Crippen molar-refractivity contribution in [3.05, 3.63) is 0 Å². The van der Waals surface area contributed by atoms with Crippen LogP contribution in [0.1, 0.15) is 19.3 Å². The van der Waals surface area contributed by atoms with Gasteiger partial charge in [-0.25, -0.2) is 4.79 Å². The molecule has 3 saturated heterocycles. The molecule has 0 aromatic carbocycles. The molecule has 148 valence electrons. The Kier molecular flexibility index (Phi) is 7.10. The maximum absolute atomic E-state index is 12.8. The van der Waals surface area contributed by atoms with Gasteiger partial charge in [-0.3, -0.25) is 9.69 Å². The fraction of sp³-hybridized carbons (Fsp3) is 0.889. The van der Waals surface area contributed by atoms with Crippen LogP contribution in [0.4, 0.5) is 4.79 Å². The molecule has 8 nitrogen and oxygen atoms in total. The number of rotatable bonds is 5. The molecule has 0 radical (unpaired) electrons. The monoisotopic (exact) mass is 369 g/mol. The Hall–Kier alpha value is -1.38. The molecule has 3 heterocycles. The van der Waals surface area contributed by atoms with E-state index in [2.05, 4.69) is 4.90 Å². The SMILES string of the molecule is O=C(O)C[C@@H]1CCN(C(=O)N2CCOCC2)C[C@@H]1CCN1CCOCC1. The van der Waals surface area contributed by atoms with E-state index in [1.165, 1.54) is 0 Å². The van der Waals surface area contributed by atoms with E-state index >= 15 is 0 Å². The fourth-order valence-corrected chi connectivity index (χ4v) is 4.20. The highest BCUT2D eigenvalue weighted by molar-refractivity contribution is 5.74. The van der Waals surface area contributed by atoms with Crippen molar-refractivity contribution in [1.29, 1.82) is 0 Å². The summed E-state index contributed by atoms with van der Waals surface area (Å²) in [6.45, 7) is 8.17. The van der Waals surface area contributed by atoms with Gasteiger partial charge in [0.1, 0.15) is 0 Å². The minimum atomic E-state index is -0.737. The lowest BCUT2D eigenvalue weighted by molar-refractivity contribution is -0.139. The van der Waals surface area contributed by atoms with Gasteiger partial charge in [-0.05, 0) is 31.2 Å². The second kappa shape index (κ2) is 9.53. The van der Waals surface area contributed by atoms with Crippen LogP contribution in [0.2, 0.25) is 0 Å². The third-order valence-electron chi connectivity index (χ3n) is 5.80. The van der Waals surface area contributed by atoms with Crippen LogP contribution in [0, 0.1) is 11.8 Å². The first-order valence-electron chi connectivity index (χ1n) is 9.77. The summed E-state index contributed by atoms with van der Waals surface area (Å²) < 4.78 is 10.7. The molecule has 2 atom stereocenters. The standard InChI is InChI=1S/C18H31N3O5/c22-17(23)13-15-2-4-21(18(24)20-7-11-26-12-8-20)14-16(15)1-3-19-5-9-25-10-6-19/h15-16H,1-14H2,(H,22,23)/t15-,16-/m0/s1. The number of hydrogen-bond acceptors (Lipinski definition) is 5. The lowest BCUT2D eigenvalue weighted by atomic mass is 9.81. The van der Waals surface area contributed by atoms with E-state index in [0.29, 0.717) is 39.4 Å². The van der Waals surface area contributed by atoms with Crippen LogP contribution >= 0.6 is 0 Å². The summed E-state index contributed by atoms with van der Waals surface area (Å²) in [5.74, 6) is -0.339. The Morgan fingerprint density at radius 2 is 1.54 bits per heavy atom. The van der Waals surface area contributed by atoms with Crippen molar-refractivity contribution in [3.8, 4) is 0 Å². The van der Waals surface area contributed by atoms with Crippen molar-refractivity contribution in [3.63, 3.8) is 0 Å². The van der Waals surface area contributed by atoms with E-state index in [0.717, 1.165) is 45.7 Å². The predicted octanol–water partition coefficient (Wildman–Crippen LogP) is 0.574. The molecule has 3 rings (SSSR count). The minimum absolute atomic E-state index is 0.0819. The number of piperidine rings is 1. The van der Waals surface area contributed by atoms with Gasteiger partial charge in [0.2, 0.25) is 0 Å². The summed E-state index contributed by atoms with van der Waals surface area (Å²) in [7, 11) is 0. The molecule has 0 unspecified atom stereocenters. The van der Waals surface area contributed by atoms with Gasteiger partial charge in [-0.15, -0.1) is 0 Å². The number of carboxylic acid groups (broad SMARTS) is 1. The largest absolute Gasteiger partial charge is 0.481 e. The molecule has 8 heteroatoms. The first-order valence-corrected chi connectivity index (χ1v) is 9.77. The summed E-state index contributed by atoms with van der Waals surface area (Å²) in [5.41, 5.74) is 0. The molecule has 0 aromatic heterocycles. The highest BCUT2D eigenvalue weighted by Crippen LogP contribution is 2.30. The summed E-state index contributed by atoms with van der Waals surface area (Å²) >= 11 is 0. The van der Waals surface area contributed by atoms with Crippen molar-refractivity contribution in [1.82, 2.24) is 14.7 Å². The Morgan fingerprint density at radius 3 is 2.19 bits per heavy atom. The zero-order valence-electron chi connectivity index (χ0n) is 15.5. The molecule has 0 spiro atoms. The van der Waals surface area contributed by atoms with Gasteiger partial charge in [0.05, 0.1) is 26.4 Å². The Labute approximate surface area is 155 Å². The number of likely N-dealkylation sites (tertiary alicyclic amines) is 1. The molecule has 0 aliphatic carbocycles. The van der Waals surface area contributed by atoms with E-state index in [-0.39, 0.29) is 24.3 Å². The first-order chi connectivity index (χ1) is 12.6. The lowest BCUT2D eigenvalue weighted by Gasteiger charge is -2.41. The van der Waals surface area contributed by atoms with Crippen molar-refractivity contribution in [2.45, 2.75) is 19.3 Å². The number of carboxylic acids is 1. The van der Waals surface area contributed by atoms with E-state index in [4.69, 9.17) is 9.47 Å². The molecule has 3 fully saturated rings. The quantitative estimate of drug-likeness (QED) is 0.763. The smallest absolute Gasteiger partial charge is 0.320 e. The third-order valence-corrected chi connectivity index (χ3v) is 5.80. The highest BCUT2D eigenvalue weighted by Gasteiger charge is 2.34. The molecular weight excluding hydrogens is 338 g/mol. The molecule has 1 N–H and O–H groups in total. The van der Waals surface area contributed by atoms with Crippen molar-refractivity contribution < 1.29 is 24.2 Å². The van der Waals surface area contributed by atoms with Crippen LogP contribution in [-0.2, 0) is 14.3 Å². The maximum atomic E-state index is 12.8. The molecule has 0 bridgehead atoms. The molecule has 26 heavy (non-hydrogen) atoms. The van der Waals surface area contributed by atoms with Gasteiger partial charge in [0, 0.05) is 45.7 Å². The number of carbonyl (C=O) groups is 2. The number of morpholine rings is 2. The van der Waals surface area contributed by atoms with Gasteiger partial charge >= 0.3 is 12.0 Å². The zero-order valence-corrected chi connectivity index (χ0v) is 15.5. The fourth-order valence-electron chi connectivity index (χ4n) is 4.20. The van der Waals surface area contributed by atoms with Crippen LogP contribution in [-0.4, -0.2) is 104 Å². The van der Waals surface area contributed by atoms with Crippen LogP contribution in [0.5, 0.6) is 0 Å². The molecule has 0 saturated carbocycles. The van der Waals surface area contributed by atoms with Crippen molar-refractivity contribution >= 4 is 12.0 Å². The van der Waals surface area contributed by atoms with Crippen molar-refractivity contribution in [2.24, 2.45) is 11.8 Å². The second-order valence-electron chi connectivity index (χ2n) is 7.48. The number of carbonyl (C=O) groups excluding carboxylic acids is 1. The molecule has 3 aliphatic heterocycles. The molecule has 2 amide bonds. The Bertz CT molecular complexity index is 477. The Morgan fingerprint density at radius 1 is 0.885 bits per heavy atom. The summed E-state index contributed by atoms with van der Waals surface area (Å²) in [5, 5.41) is 9.25. The van der Waals surface area contributed by atoms with Crippen LogP contribution in [0.15, 0.2) is 0 Å². The van der Waals surface area contributed by atoms with E-state index in [1.807, 2.05) is 9.80 Å². The van der Waals surface area contributed by atoms with Gasteiger partial charge in [0.25, 0.3) is 0 Å². The number of amides is 2. The third kappa shape index (κ3) is 5.31. The van der Waals surface area contributed by atoms with Crippen LogP contribution in [0.25, 0.3) is 0 Å². The second-order valence-corrected chi connectivity index (χ2v) is 7.48. The predicted molar refractivity (Wildman–Crippen MR) is 95.1 cm³/mol. The number of hydrogen-bond donors (Lipinski definition) is 1. The summed E-state index contributed by atoms with van der Waals surface area (Å²) in [4.78, 5) is 30.2. The average Bonchev–Trinajstić information content (AvgIpc) is 2.68. The highest BCUT2D eigenvalue weighted by atomic mass is 16.5. The summed E-state index contributed by atoms with van der Waals surface area (Å²) in [6.07, 6.45) is 1.91. The minimum Gasteiger partial charge on any atom is -0.481 e. The average molecular weight is 369 g/mol. The molecular formula is C18H31N3O5. The molecule has 0 aromatic rings. The first kappa shape index (κ1) is 19.4. The zero-order chi connectivity index (χ0) is 18.4. The lowest BCUT2D eigenvalue weighted by Crippen LogP contribution is -2.53. The number of ether oxygens (including phenoxy) is 2. The van der Waals surface area contributed by atoms with Crippen LogP contribution in [0.3, 0.4) is 0 Å². The number of urea groups is 1. The Balaban J connectivity index is 1.56. The van der Waals surface area contributed by atoms with Crippen molar-refractivity contribution in [2.75, 3.05) is 72.2 Å². The number of aliphatic carboxylic acids is 1. The van der Waals surface area contributed by atoms with E-state index < -0.39 is 5.97 Å². The van der Waals surface area contributed by atoms with Gasteiger partial charge in [0.15, 0.2) is 0 Å². The van der Waals surface area contributed by atoms with Crippen LogP contribution < -0.4 is 0 Å². The summed E-state index contributed by atoms with van der Waals surface area (Å²) in [6, 6.07) is 0.0819. The van der Waals surface area contributed by atoms with Gasteiger partial charge < -0.3 is 24.4 Å². The molecule has 3 aliphatic rings.